The number of ether oxygens (including phenoxy) is 1. The molecule has 2 heterocycles. The summed E-state index contributed by atoms with van der Waals surface area (Å²) in [6.07, 6.45) is 26.2. The molecule has 2 aliphatic heterocycles. The Balaban J connectivity index is 0.884. The van der Waals surface area contributed by atoms with E-state index in [-0.39, 0.29) is 35.4 Å². The molecule has 56 heavy (non-hydrogen) atoms. The van der Waals surface area contributed by atoms with E-state index in [1.807, 2.05) is 25.6 Å². The van der Waals surface area contributed by atoms with Crippen molar-refractivity contribution in [3.63, 3.8) is 0 Å². The largest absolute Gasteiger partial charge is 0.390 e. The van der Waals surface area contributed by atoms with Crippen molar-refractivity contribution in [2.75, 3.05) is 19.7 Å². The third-order valence-electron chi connectivity index (χ3n) is 13.7. The van der Waals surface area contributed by atoms with E-state index < -0.39 is 5.60 Å². The molecule has 0 radical (unpaired) electrons. The maximum Gasteiger partial charge on any atom is 0.316 e. The molecule has 5 rings (SSSR count). The molecule has 5 N–H and O–H groups in total. The van der Waals surface area contributed by atoms with Crippen LogP contribution in [-0.4, -0.2) is 71.0 Å². The fourth-order valence-electron chi connectivity index (χ4n) is 10.6. The van der Waals surface area contributed by atoms with Crippen LogP contribution < -0.4 is 21.3 Å². The average molecular weight is 797 g/mol. The molecule has 8 atom stereocenters. The maximum atomic E-state index is 12.4. The van der Waals surface area contributed by atoms with Gasteiger partial charge in [0.25, 0.3) is 0 Å². The van der Waals surface area contributed by atoms with Crippen molar-refractivity contribution in [2.45, 2.75) is 191 Å². The van der Waals surface area contributed by atoms with Gasteiger partial charge >= 0.3 is 6.03 Å². The Hall–Kier alpha value is -2.30. The second kappa shape index (κ2) is 21.6. The number of urea groups is 1. The van der Waals surface area contributed by atoms with Crippen molar-refractivity contribution >= 4 is 29.6 Å². The highest BCUT2D eigenvalue weighted by atomic mass is 32.2. The maximum absolute atomic E-state index is 12.4. The fraction of sp³-hybridized carbons (Fsp3) is 0.804. The lowest BCUT2D eigenvalue weighted by atomic mass is 9.60. The van der Waals surface area contributed by atoms with Gasteiger partial charge < -0.3 is 31.1 Å². The van der Waals surface area contributed by atoms with E-state index in [0.717, 1.165) is 89.4 Å². The van der Waals surface area contributed by atoms with Gasteiger partial charge in [-0.3, -0.25) is 9.59 Å². The first-order chi connectivity index (χ1) is 26.8. The zero-order chi connectivity index (χ0) is 40.1. The van der Waals surface area contributed by atoms with Gasteiger partial charge in [-0.2, -0.15) is 0 Å². The van der Waals surface area contributed by atoms with Gasteiger partial charge in [0, 0.05) is 37.8 Å². The summed E-state index contributed by atoms with van der Waals surface area (Å²) in [5.74, 6) is 2.38. The van der Waals surface area contributed by atoms with Crippen molar-refractivity contribution in [1.82, 2.24) is 21.3 Å². The minimum atomic E-state index is -0.564. The molecule has 4 amide bonds. The first kappa shape index (κ1) is 44.8. The van der Waals surface area contributed by atoms with Crippen LogP contribution in [0.2, 0.25) is 0 Å². The van der Waals surface area contributed by atoms with E-state index in [9.17, 15) is 19.5 Å². The number of aliphatic hydroxyl groups is 1. The van der Waals surface area contributed by atoms with Crippen LogP contribution in [0, 0.1) is 23.2 Å². The van der Waals surface area contributed by atoms with E-state index in [0.29, 0.717) is 55.0 Å². The van der Waals surface area contributed by atoms with E-state index in [4.69, 9.17) is 4.74 Å². The topological polar surface area (TPSA) is 129 Å². The minimum Gasteiger partial charge on any atom is -0.390 e. The fourth-order valence-corrected chi connectivity index (χ4v) is 12.1. The molecule has 0 aromatic rings. The molecule has 2 saturated heterocycles. The first-order valence-corrected chi connectivity index (χ1v) is 23.4. The lowest BCUT2D eigenvalue weighted by Crippen LogP contribution is -2.36. The number of carbonyl (C=O) groups is 3. The number of hydrogen-bond acceptors (Lipinski definition) is 6. The molecule has 0 spiro atoms. The summed E-state index contributed by atoms with van der Waals surface area (Å²) in [5, 5.41) is 22.9. The van der Waals surface area contributed by atoms with E-state index in [1.54, 1.807) is 5.57 Å². The smallest absolute Gasteiger partial charge is 0.316 e. The number of hydrogen-bond donors (Lipinski definition) is 5. The Labute approximate surface area is 343 Å². The van der Waals surface area contributed by atoms with Gasteiger partial charge in [-0.25, -0.2) is 4.79 Å². The van der Waals surface area contributed by atoms with Crippen LogP contribution in [0.1, 0.15) is 163 Å². The summed E-state index contributed by atoms with van der Waals surface area (Å²) < 4.78 is 6.31. The lowest BCUT2D eigenvalue weighted by molar-refractivity contribution is -0.122. The van der Waals surface area contributed by atoms with Crippen LogP contribution in [0.25, 0.3) is 0 Å². The monoisotopic (exact) mass is 797 g/mol. The highest BCUT2D eigenvalue weighted by Crippen LogP contribution is 2.60. The summed E-state index contributed by atoms with van der Waals surface area (Å²) in [6, 6.07) is 0.165. The molecular formula is C46H76N4O5S. The summed E-state index contributed by atoms with van der Waals surface area (Å²) >= 11 is 1.82. The van der Waals surface area contributed by atoms with Gasteiger partial charge in [-0.1, -0.05) is 69.4 Å². The normalized spacial score (nSPS) is 30.9. The Kier molecular flexibility index (Phi) is 17.3. The molecule has 10 heteroatoms. The van der Waals surface area contributed by atoms with Crippen LogP contribution in [0.5, 0.6) is 0 Å². The second-order valence-corrected chi connectivity index (χ2v) is 20.2. The molecule has 316 valence electrons. The third-order valence-corrected chi connectivity index (χ3v) is 15.3. The SMILES string of the molecule is C=C1CCC(OCCCNC(=O)CCCCCCNC(=O)CCCC2CC3NC(=O)NC3S2)C/C1=C/C=C1\CCC[C@@]2(C)C1CCC2[C@H](C)CCCC(C)(C)O. The van der Waals surface area contributed by atoms with Crippen molar-refractivity contribution in [3.05, 3.63) is 35.5 Å². The zero-order valence-corrected chi connectivity index (χ0v) is 36.2. The van der Waals surface area contributed by atoms with Crippen LogP contribution in [0.4, 0.5) is 4.79 Å². The van der Waals surface area contributed by atoms with Crippen LogP contribution in [-0.2, 0) is 14.3 Å². The minimum absolute atomic E-state index is 0.0652. The molecule has 0 aromatic heterocycles. The first-order valence-electron chi connectivity index (χ1n) is 22.5. The molecule has 5 fully saturated rings. The van der Waals surface area contributed by atoms with Gasteiger partial charge in [-0.15, -0.1) is 11.8 Å². The highest BCUT2D eigenvalue weighted by Gasteiger charge is 2.50. The summed E-state index contributed by atoms with van der Waals surface area (Å²) in [7, 11) is 0. The number of fused-ring (bicyclic) bond motifs is 2. The summed E-state index contributed by atoms with van der Waals surface area (Å²) in [5.41, 5.74) is 4.07. The zero-order valence-electron chi connectivity index (χ0n) is 35.4. The van der Waals surface area contributed by atoms with Crippen LogP contribution in [0.15, 0.2) is 35.5 Å². The molecule has 5 aliphatic rings. The number of carbonyl (C=O) groups excluding carboxylic acids is 3. The van der Waals surface area contributed by atoms with Crippen molar-refractivity contribution in [3.8, 4) is 0 Å². The number of allylic oxidation sites excluding steroid dienone is 4. The Bertz CT molecular complexity index is 1380. The molecule has 9 nitrogen and oxygen atoms in total. The Morgan fingerprint density at radius 1 is 1.00 bits per heavy atom. The Morgan fingerprint density at radius 2 is 1.75 bits per heavy atom. The molecule has 6 unspecified atom stereocenters. The lowest BCUT2D eigenvalue weighted by Gasteiger charge is -2.44. The van der Waals surface area contributed by atoms with Crippen molar-refractivity contribution in [2.24, 2.45) is 23.2 Å². The molecule has 3 aliphatic carbocycles. The van der Waals surface area contributed by atoms with Crippen LogP contribution >= 0.6 is 11.8 Å². The summed E-state index contributed by atoms with van der Waals surface area (Å²) in [6.45, 7) is 15.3. The molecule has 0 aromatic carbocycles. The van der Waals surface area contributed by atoms with Gasteiger partial charge in [0.05, 0.1) is 23.1 Å². The number of rotatable bonds is 22. The number of thioether (sulfide) groups is 1. The number of nitrogens with one attached hydrogen (secondary N) is 4. The standard InChI is InChI=1S/C46H76N4O5S/c1-32-19-22-36(30-35(32)21-20-34-15-12-26-46(5)38(23-24-39(34)46)33(2)14-11-25-45(3,4)54)55-29-13-28-48-41(51)17-8-6-7-9-27-47-42(52)18-10-16-37-31-40-43(56-37)50-44(53)49-40/h20-21,33,36-40,43,54H,1,6-19,22-31H2,2-5H3,(H,47,52)(H,48,51)(H2,49,50,53)/b34-20+,35-21-/t33-,36?,37?,38?,39?,40?,43?,46-/m1/s1. The average Bonchev–Trinajstić information content (AvgIpc) is 3.80. The highest BCUT2D eigenvalue weighted by molar-refractivity contribution is 8.00. The van der Waals surface area contributed by atoms with E-state index in [1.165, 1.54) is 49.7 Å². The number of unbranched alkanes of at least 4 members (excludes halogenated alkanes) is 3. The predicted octanol–water partition coefficient (Wildman–Crippen LogP) is 9.01. The molecule has 3 saturated carbocycles. The van der Waals surface area contributed by atoms with E-state index >= 15 is 0 Å². The third kappa shape index (κ3) is 13.6. The Morgan fingerprint density at radius 3 is 2.52 bits per heavy atom. The number of amides is 4. The van der Waals surface area contributed by atoms with Gasteiger partial charge in [-0.05, 0) is 139 Å². The molecule has 0 bridgehead atoms. The second-order valence-electron chi connectivity index (χ2n) is 18.8. The molecular weight excluding hydrogens is 721 g/mol. The van der Waals surface area contributed by atoms with Crippen LogP contribution in [0.3, 0.4) is 0 Å². The van der Waals surface area contributed by atoms with Gasteiger partial charge in [0.2, 0.25) is 11.8 Å². The summed E-state index contributed by atoms with van der Waals surface area (Å²) in [4.78, 5) is 36.0. The van der Waals surface area contributed by atoms with Gasteiger partial charge in [0.1, 0.15) is 0 Å². The van der Waals surface area contributed by atoms with E-state index in [2.05, 4.69) is 53.8 Å². The quantitative estimate of drug-likeness (QED) is 0.0696. The van der Waals surface area contributed by atoms with Crippen molar-refractivity contribution in [1.29, 1.82) is 0 Å². The van der Waals surface area contributed by atoms with Crippen molar-refractivity contribution < 1.29 is 24.2 Å². The van der Waals surface area contributed by atoms with Gasteiger partial charge in [0.15, 0.2) is 0 Å². The predicted molar refractivity (Wildman–Crippen MR) is 229 cm³/mol.